The molecule has 4 aromatic carbocycles. The van der Waals surface area contributed by atoms with Crippen molar-refractivity contribution in [3.8, 4) is 5.75 Å². The monoisotopic (exact) mass is 1280 g/mol. The van der Waals surface area contributed by atoms with E-state index in [0.29, 0.717) is 36.1 Å². The molecule has 8 amide bonds. The number of aryl methyl sites for hydroxylation is 2. The maximum Gasteiger partial charge on any atom is 0.410 e. The third-order valence-corrected chi connectivity index (χ3v) is 18.1. The van der Waals surface area contributed by atoms with Gasteiger partial charge in [0.2, 0.25) is 29.5 Å². The molecule has 1 fully saturated rings. The van der Waals surface area contributed by atoms with Gasteiger partial charge in [0.25, 0.3) is 5.91 Å². The number of nitrogens with zero attached hydrogens (tertiary/aromatic N) is 3. The summed E-state index contributed by atoms with van der Waals surface area (Å²) in [5.41, 5.74) is 3.81. The Labute approximate surface area is 548 Å². The molecule has 1 heterocycles. The molecule has 0 spiro atoms. The number of likely N-dealkylation sites (tertiary alicyclic amines) is 1. The maximum absolute atomic E-state index is 15.0. The summed E-state index contributed by atoms with van der Waals surface area (Å²) in [5.74, 6) is -3.83. The Hall–Kier alpha value is -8.55. The second-order valence-corrected chi connectivity index (χ2v) is 28.5. The molecule has 1 saturated heterocycles. The molecule has 1 aliphatic heterocycles. The van der Waals surface area contributed by atoms with Gasteiger partial charge in [-0.1, -0.05) is 106 Å². The summed E-state index contributed by atoms with van der Waals surface area (Å²) >= 11 is 0. The minimum Gasteiger partial charge on any atom is -0.489 e. The van der Waals surface area contributed by atoms with Crippen molar-refractivity contribution in [3.63, 3.8) is 0 Å². The van der Waals surface area contributed by atoms with Crippen LogP contribution in [0.25, 0.3) is 0 Å². The lowest BCUT2D eigenvalue weighted by Crippen LogP contribution is -2.60. The molecule has 4 aliphatic rings. The SMILES string of the molecule is C[C@@H](C(=O)NC(Cc1ccc(OCc2ccc(C(=O)NC3CC(C(=O)NC4CCCc5ccccc54)N(C(=O)C(NC(=O)[C@H](C)N(C)C(=O)OC(C)(C)C)C(C)(C)C)C3)cc2)cc1)C(=O)[C@@H]1CC=CCC1C(=O)NC1CCCc2ccccc21)N(C)C(=O)OC(C)(C)C. The molecule has 3 aliphatic carbocycles. The van der Waals surface area contributed by atoms with Crippen molar-refractivity contribution in [1.82, 2.24) is 41.3 Å². The second-order valence-electron chi connectivity index (χ2n) is 28.5. The average molecular weight is 1280 g/mol. The Kier molecular flexibility index (Phi) is 22.7. The molecule has 0 aromatic heterocycles. The van der Waals surface area contributed by atoms with Crippen LogP contribution < -0.4 is 31.3 Å². The molecule has 10 atom stereocenters. The van der Waals surface area contributed by atoms with Gasteiger partial charge in [-0.25, -0.2) is 9.59 Å². The van der Waals surface area contributed by atoms with Gasteiger partial charge in [-0.2, -0.15) is 0 Å². The topological polar surface area (TPSA) is 251 Å². The van der Waals surface area contributed by atoms with Crippen molar-refractivity contribution in [2.45, 2.75) is 207 Å². The van der Waals surface area contributed by atoms with E-state index in [9.17, 15) is 43.2 Å². The maximum atomic E-state index is 15.0. The molecule has 8 rings (SSSR count). The quantitative estimate of drug-likeness (QED) is 0.0519. The van der Waals surface area contributed by atoms with Gasteiger partial charge in [0.1, 0.15) is 47.7 Å². The first-order valence-corrected chi connectivity index (χ1v) is 32.7. The van der Waals surface area contributed by atoms with Crippen LogP contribution >= 0.6 is 0 Å². The molecular weight excluding hydrogens is 1180 g/mol. The summed E-state index contributed by atoms with van der Waals surface area (Å²) in [6, 6.07) is 23.8. The van der Waals surface area contributed by atoms with Crippen LogP contribution in [0.4, 0.5) is 9.59 Å². The standard InChI is InChI=1S/C73H96N8O12/c1-44(79(12)69(89)92-72(6,7)8)63(83)77-59(61(82)55-28-18-19-29-56(55)66(86)75-57-30-20-24-48-22-14-16-26-53(48)57)40-46-34-38-52(39-35-46)91-43-47-32-36-50(37-33-47)65(85)74-51-41-60(67(87)76-58-31-21-25-49-23-15-17-27-54(49)58)81(42-51)68(88)62(71(3,4)5)78-64(84)45(2)80(13)70(90)93-73(9,10)11/h14-19,22-23,26-27,32-39,44-45,51,55-60,62H,20-21,24-25,28-31,40-43H2,1-13H3,(H,74,85)(H,75,86)(H,76,87)(H,77,83)(H,78,84)/t44-,45-,51?,55+,56?,57?,58?,59?,60?,62?/m0/s1. The van der Waals surface area contributed by atoms with Crippen LogP contribution in [0.15, 0.2) is 109 Å². The van der Waals surface area contributed by atoms with Gasteiger partial charge in [0.15, 0.2) is 5.78 Å². The van der Waals surface area contributed by atoms with Gasteiger partial charge in [-0.05, 0) is 183 Å². The minimum absolute atomic E-state index is 0.0174. The number of Topliss-reactive ketones (excluding diaryl/α,β-unsaturated/α-hetero) is 1. The van der Waals surface area contributed by atoms with Gasteiger partial charge in [-0.15, -0.1) is 0 Å². The lowest BCUT2D eigenvalue weighted by Gasteiger charge is -2.37. The summed E-state index contributed by atoms with van der Waals surface area (Å²) in [7, 11) is 2.92. The highest BCUT2D eigenvalue weighted by Gasteiger charge is 2.47. The lowest BCUT2D eigenvalue weighted by molar-refractivity contribution is -0.144. The van der Waals surface area contributed by atoms with Crippen molar-refractivity contribution in [2.24, 2.45) is 17.3 Å². The number of ether oxygens (including phenoxy) is 3. The van der Waals surface area contributed by atoms with Crippen LogP contribution in [-0.4, -0.2) is 136 Å². The van der Waals surface area contributed by atoms with Gasteiger partial charge < -0.3 is 45.7 Å². The molecule has 0 radical (unpaired) electrons. The highest BCUT2D eigenvalue weighted by atomic mass is 16.6. The van der Waals surface area contributed by atoms with Crippen LogP contribution in [0.3, 0.4) is 0 Å². The van der Waals surface area contributed by atoms with E-state index in [2.05, 4.69) is 38.7 Å². The summed E-state index contributed by atoms with van der Waals surface area (Å²) in [6.45, 7) is 19.0. The van der Waals surface area contributed by atoms with Crippen LogP contribution in [0.1, 0.15) is 177 Å². The average Bonchev–Trinajstić information content (AvgIpc) is 1.76. The van der Waals surface area contributed by atoms with E-state index in [1.165, 1.54) is 34.4 Å². The summed E-state index contributed by atoms with van der Waals surface area (Å²) in [4.78, 5) is 131. The fraction of sp³-hybridized carbons (Fsp3) is 0.521. The van der Waals surface area contributed by atoms with Crippen LogP contribution in [0, 0.1) is 17.3 Å². The van der Waals surface area contributed by atoms with Crippen LogP contribution in [0.2, 0.25) is 0 Å². The molecule has 0 saturated carbocycles. The van der Waals surface area contributed by atoms with E-state index < -0.39 is 101 Å². The molecular formula is C73H96N8O12. The second kappa shape index (κ2) is 30.0. The number of nitrogens with one attached hydrogen (secondary N) is 5. The predicted molar refractivity (Wildman–Crippen MR) is 353 cm³/mol. The van der Waals surface area contributed by atoms with Crippen molar-refractivity contribution in [2.75, 3.05) is 20.6 Å². The molecule has 5 N–H and O–H groups in total. The predicted octanol–water partition coefficient (Wildman–Crippen LogP) is 9.57. The number of carbonyl (C=O) groups is 9. The summed E-state index contributed by atoms with van der Waals surface area (Å²) in [5, 5.41) is 15.4. The first-order valence-electron chi connectivity index (χ1n) is 32.7. The smallest absolute Gasteiger partial charge is 0.410 e. The fourth-order valence-electron chi connectivity index (χ4n) is 12.5. The first-order chi connectivity index (χ1) is 43.8. The Balaban J connectivity index is 0.928. The highest BCUT2D eigenvalue weighted by molar-refractivity contribution is 5.98. The van der Waals surface area contributed by atoms with Crippen molar-refractivity contribution < 1.29 is 57.4 Å². The number of hydrogen-bond acceptors (Lipinski definition) is 12. The van der Waals surface area contributed by atoms with Crippen LogP contribution in [-0.2, 0) is 64.1 Å². The Morgan fingerprint density at radius 1 is 0.591 bits per heavy atom. The van der Waals surface area contributed by atoms with E-state index in [-0.39, 0.29) is 55.7 Å². The van der Waals surface area contributed by atoms with E-state index in [4.69, 9.17) is 14.2 Å². The largest absolute Gasteiger partial charge is 0.489 e. The number of rotatable bonds is 20. The third kappa shape index (κ3) is 18.4. The number of carbonyl (C=O) groups excluding carboxylic acids is 9. The van der Waals surface area contributed by atoms with Crippen LogP contribution in [0.5, 0.6) is 5.75 Å². The van der Waals surface area contributed by atoms with Gasteiger partial charge in [-0.3, -0.25) is 43.4 Å². The van der Waals surface area contributed by atoms with Gasteiger partial charge in [0, 0.05) is 38.2 Å². The number of hydrogen-bond donors (Lipinski definition) is 5. The Morgan fingerprint density at radius 2 is 1.09 bits per heavy atom. The molecule has 4 aromatic rings. The first kappa shape index (κ1) is 70.3. The van der Waals surface area contributed by atoms with Crippen molar-refractivity contribution in [3.05, 3.63) is 148 Å². The van der Waals surface area contributed by atoms with E-state index >= 15 is 0 Å². The molecule has 93 heavy (non-hydrogen) atoms. The third-order valence-electron chi connectivity index (χ3n) is 18.1. The minimum atomic E-state index is -1.13. The fourth-order valence-corrected chi connectivity index (χ4v) is 12.5. The van der Waals surface area contributed by atoms with Crippen molar-refractivity contribution in [1.29, 1.82) is 0 Å². The number of amides is 8. The zero-order valence-electron chi connectivity index (χ0n) is 56.4. The van der Waals surface area contributed by atoms with E-state index in [1.54, 1.807) is 91.8 Å². The molecule has 20 nitrogen and oxygen atoms in total. The molecule has 500 valence electrons. The number of fused-ring (bicyclic) bond motifs is 2. The van der Waals surface area contributed by atoms with Crippen molar-refractivity contribution >= 4 is 53.4 Å². The summed E-state index contributed by atoms with van der Waals surface area (Å²) in [6.07, 6.45) is 8.45. The Morgan fingerprint density at radius 3 is 1.61 bits per heavy atom. The molecule has 20 heteroatoms. The zero-order valence-corrected chi connectivity index (χ0v) is 56.4. The number of benzene rings is 4. The summed E-state index contributed by atoms with van der Waals surface area (Å²) < 4.78 is 17.2. The number of ketones is 1. The Bertz CT molecular complexity index is 3400. The number of likely N-dealkylation sites (N-methyl/N-ethyl adjacent to an activating group) is 2. The number of allylic oxidation sites excluding steroid dienone is 2. The zero-order chi connectivity index (χ0) is 67.7. The lowest BCUT2D eigenvalue weighted by atomic mass is 9.76. The van der Waals surface area contributed by atoms with E-state index in [1.807, 2.05) is 81.5 Å². The highest BCUT2D eigenvalue weighted by Crippen LogP contribution is 2.35. The molecule has 0 bridgehead atoms. The van der Waals surface area contributed by atoms with Gasteiger partial charge in [0.05, 0.1) is 24.0 Å². The van der Waals surface area contributed by atoms with Gasteiger partial charge >= 0.3 is 12.2 Å². The molecule has 7 unspecified atom stereocenters. The van der Waals surface area contributed by atoms with E-state index in [0.717, 1.165) is 54.4 Å². The normalized spacial score (nSPS) is 20.8.